The number of benzene rings is 3. The van der Waals surface area contributed by atoms with Crippen LogP contribution in [0, 0.1) is 5.92 Å². The second kappa shape index (κ2) is 20.0. The van der Waals surface area contributed by atoms with Gasteiger partial charge in [0.25, 0.3) is 0 Å². The number of carbonyl (C=O) groups excluding carboxylic acids is 4. The van der Waals surface area contributed by atoms with Crippen molar-refractivity contribution < 1.29 is 32.3 Å². The van der Waals surface area contributed by atoms with Crippen LogP contribution in [0.3, 0.4) is 0 Å². The summed E-state index contributed by atoms with van der Waals surface area (Å²) in [7, 11) is 0. The van der Waals surface area contributed by atoms with Gasteiger partial charge in [-0.3, -0.25) is 34.1 Å². The highest BCUT2D eigenvalue weighted by Crippen LogP contribution is 2.30. The Bertz CT molecular complexity index is 2380. The third kappa shape index (κ3) is 11.2. The second-order valence-electron chi connectivity index (χ2n) is 16.8. The largest absolute Gasteiger partial charge is 0.416 e. The first-order chi connectivity index (χ1) is 30.9. The van der Waals surface area contributed by atoms with Crippen molar-refractivity contribution in [3.63, 3.8) is 0 Å². The van der Waals surface area contributed by atoms with Crippen molar-refractivity contribution in [1.29, 1.82) is 0 Å². The molecule has 334 valence electrons. The van der Waals surface area contributed by atoms with E-state index < -0.39 is 17.8 Å². The minimum absolute atomic E-state index is 0.0301. The molecule has 5 heterocycles. The molecule has 3 N–H and O–H groups in total. The molecule has 0 aliphatic carbocycles. The molecule has 4 amide bonds. The van der Waals surface area contributed by atoms with Gasteiger partial charge >= 0.3 is 6.18 Å². The number of halogens is 3. The number of nitrogens with one attached hydrogen (secondary N) is 3. The van der Waals surface area contributed by atoms with Crippen LogP contribution in [0.5, 0.6) is 0 Å². The van der Waals surface area contributed by atoms with E-state index in [0.717, 1.165) is 85.6 Å². The number of nitrogens with zero attached hydrogens (tertiary/aromatic N) is 6. The first-order valence-electron chi connectivity index (χ1n) is 21.9. The zero-order valence-electron chi connectivity index (χ0n) is 35.5. The Hall–Kier alpha value is -6.39. The smallest absolute Gasteiger partial charge is 0.369 e. The summed E-state index contributed by atoms with van der Waals surface area (Å²) in [6.07, 6.45) is 4.01. The molecular formula is C48H52F3N9O4. The van der Waals surface area contributed by atoms with Gasteiger partial charge in [0, 0.05) is 88.0 Å². The average Bonchev–Trinajstić information content (AvgIpc) is 3.77. The summed E-state index contributed by atoms with van der Waals surface area (Å²) in [5.41, 5.74) is 4.39. The fourth-order valence-corrected chi connectivity index (χ4v) is 8.75. The monoisotopic (exact) mass is 875 g/mol. The van der Waals surface area contributed by atoms with Gasteiger partial charge in [0.1, 0.15) is 18.4 Å². The number of amides is 4. The first-order valence-corrected chi connectivity index (χ1v) is 21.9. The Labute approximate surface area is 370 Å². The van der Waals surface area contributed by atoms with Crippen LogP contribution in [0.15, 0.2) is 110 Å². The number of anilines is 2. The number of piperazine rings is 1. The lowest BCUT2D eigenvalue weighted by atomic mass is 9.90. The van der Waals surface area contributed by atoms with Gasteiger partial charge in [0.2, 0.25) is 23.6 Å². The van der Waals surface area contributed by atoms with Crippen LogP contribution in [0.2, 0.25) is 0 Å². The zero-order chi connectivity index (χ0) is 44.6. The first kappa shape index (κ1) is 44.2. The van der Waals surface area contributed by atoms with E-state index in [1.54, 1.807) is 23.1 Å². The molecule has 3 saturated heterocycles. The van der Waals surface area contributed by atoms with Crippen molar-refractivity contribution in [2.45, 2.75) is 56.8 Å². The molecule has 0 spiro atoms. The summed E-state index contributed by atoms with van der Waals surface area (Å²) in [4.78, 5) is 62.0. The molecule has 5 aromatic rings. The van der Waals surface area contributed by atoms with Crippen molar-refractivity contribution in [2.75, 3.05) is 62.6 Å². The van der Waals surface area contributed by atoms with E-state index in [-0.39, 0.29) is 36.1 Å². The number of alkyl halides is 3. The molecule has 2 atom stereocenters. The van der Waals surface area contributed by atoms with E-state index >= 15 is 0 Å². The SMILES string of the molecule is O=C1CCC(c2ccc(N3CCN(CC4CCN(C(=O)Cn5cc(-c6ccc(NC(=O)[C@H](NCCc7ccc(C(F)(F)F)cc7)c7ccccc7)nc6)cn5)CC4)CC3)cc2)C(=O)N1. The fraction of sp³-hybridized carbons (Fsp3) is 0.375. The highest BCUT2D eigenvalue weighted by atomic mass is 19.4. The van der Waals surface area contributed by atoms with Gasteiger partial charge in [-0.05, 0) is 84.7 Å². The maximum Gasteiger partial charge on any atom is 0.416 e. The highest BCUT2D eigenvalue weighted by molar-refractivity contribution is 6.01. The lowest BCUT2D eigenvalue weighted by Crippen LogP contribution is -2.49. The summed E-state index contributed by atoms with van der Waals surface area (Å²) in [6, 6.07) is 25.2. The van der Waals surface area contributed by atoms with Gasteiger partial charge in [0.15, 0.2) is 0 Å². The van der Waals surface area contributed by atoms with Gasteiger partial charge in [-0.1, -0.05) is 54.6 Å². The maximum atomic E-state index is 13.5. The minimum atomic E-state index is -4.40. The van der Waals surface area contributed by atoms with Crippen molar-refractivity contribution >= 4 is 35.1 Å². The number of hydrogen-bond donors (Lipinski definition) is 3. The Kier molecular flexibility index (Phi) is 13.8. The zero-order valence-corrected chi connectivity index (χ0v) is 35.5. The minimum Gasteiger partial charge on any atom is -0.369 e. The van der Waals surface area contributed by atoms with Crippen LogP contribution in [-0.2, 0) is 38.3 Å². The molecule has 3 aromatic carbocycles. The Balaban J connectivity index is 0.761. The Morgan fingerprint density at radius 2 is 1.55 bits per heavy atom. The predicted octanol–water partition coefficient (Wildman–Crippen LogP) is 6.06. The number of imide groups is 1. The molecule has 3 aliphatic heterocycles. The molecule has 13 nitrogen and oxygen atoms in total. The van der Waals surface area contributed by atoms with Gasteiger partial charge in [0.05, 0.1) is 17.7 Å². The average molecular weight is 876 g/mol. The predicted molar refractivity (Wildman–Crippen MR) is 236 cm³/mol. The summed E-state index contributed by atoms with van der Waals surface area (Å²) < 4.78 is 40.6. The summed E-state index contributed by atoms with van der Waals surface area (Å²) in [6.45, 7) is 6.71. The summed E-state index contributed by atoms with van der Waals surface area (Å²) >= 11 is 0. The molecule has 2 aromatic heterocycles. The van der Waals surface area contributed by atoms with Crippen molar-refractivity contribution in [2.24, 2.45) is 5.92 Å². The summed E-state index contributed by atoms with van der Waals surface area (Å²) in [5.74, 6) is -0.115. The molecule has 64 heavy (non-hydrogen) atoms. The lowest BCUT2D eigenvalue weighted by Gasteiger charge is -2.39. The highest BCUT2D eigenvalue weighted by Gasteiger charge is 2.31. The van der Waals surface area contributed by atoms with E-state index in [1.165, 1.54) is 12.1 Å². The van der Waals surface area contributed by atoms with E-state index in [4.69, 9.17) is 0 Å². The molecule has 3 fully saturated rings. The Morgan fingerprint density at radius 3 is 2.22 bits per heavy atom. The van der Waals surface area contributed by atoms with Crippen molar-refractivity contribution in [3.8, 4) is 11.1 Å². The molecule has 8 rings (SSSR count). The standard InChI is InChI=1S/C48H52F3N9O4/c49-48(50,51)39-11-6-33(7-12-39)18-21-52-45(36-4-2-1-3-5-36)47(64)55-42-16-10-37(28-53-42)38-29-54-60(31-38)32-44(62)59-22-19-34(20-23-59)30-57-24-26-58(27-25-57)40-13-8-35(9-14-40)41-15-17-43(61)56-46(41)63/h1-14,16,28-29,31,34,41,45,52H,15,17-27,30,32H2,(H,53,55,64)(H,56,61,63)/t41?,45-/m1/s1. The van der Waals surface area contributed by atoms with Crippen LogP contribution >= 0.6 is 0 Å². The van der Waals surface area contributed by atoms with Gasteiger partial charge in [-0.2, -0.15) is 18.3 Å². The van der Waals surface area contributed by atoms with E-state index in [9.17, 15) is 32.3 Å². The molecule has 0 bridgehead atoms. The molecular weight excluding hydrogens is 824 g/mol. The molecule has 3 aliphatic rings. The van der Waals surface area contributed by atoms with Crippen LogP contribution in [0.25, 0.3) is 11.1 Å². The second-order valence-corrected chi connectivity index (χ2v) is 16.8. The third-order valence-electron chi connectivity index (χ3n) is 12.5. The van der Waals surface area contributed by atoms with Crippen LogP contribution in [0.4, 0.5) is 24.7 Å². The van der Waals surface area contributed by atoms with E-state index in [0.29, 0.717) is 56.2 Å². The molecule has 1 unspecified atom stereocenters. The van der Waals surface area contributed by atoms with Gasteiger partial charge in [-0.15, -0.1) is 0 Å². The number of hydrogen-bond acceptors (Lipinski definition) is 9. The van der Waals surface area contributed by atoms with Crippen LogP contribution in [-0.4, -0.2) is 101 Å². The number of likely N-dealkylation sites (tertiary alicyclic amines) is 1. The fourth-order valence-electron chi connectivity index (χ4n) is 8.75. The third-order valence-corrected chi connectivity index (χ3v) is 12.5. The van der Waals surface area contributed by atoms with E-state index in [1.807, 2.05) is 59.6 Å². The Morgan fingerprint density at radius 1 is 0.812 bits per heavy atom. The topological polar surface area (TPSA) is 145 Å². The van der Waals surface area contributed by atoms with Crippen molar-refractivity contribution in [3.05, 3.63) is 132 Å². The number of pyridine rings is 1. The molecule has 16 heteroatoms. The lowest BCUT2D eigenvalue weighted by molar-refractivity contribution is -0.138. The number of rotatable bonds is 14. The normalized spacial score (nSPS) is 18.1. The van der Waals surface area contributed by atoms with Crippen LogP contribution < -0.4 is 20.9 Å². The molecule has 0 radical (unpaired) electrons. The number of carbonyl (C=O) groups is 4. The molecule has 0 saturated carbocycles. The maximum absolute atomic E-state index is 13.5. The van der Waals surface area contributed by atoms with Gasteiger partial charge < -0.3 is 20.4 Å². The number of aromatic nitrogens is 3. The summed E-state index contributed by atoms with van der Waals surface area (Å²) in [5, 5.41) is 13.0. The quantitative estimate of drug-likeness (QED) is 0.114. The van der Waals surface area contributed by atoms with Crippen molar-refractivity contribution in [1.82, 2.24) is 35.2 Å². The number of piperidine rings is 2. The van der Waals surface area contributed by atoms with E-state index in [2.05, 4.69) is 48.0 Å². The van der Waals surface area contributed by atoms with Crippen LogP contribution in [0.1, 0.15) is 59.9 Å². The van der Waals surface area contributed by atoms with Gasteiger partial charge in [-0.25, -0.2) is 4.98 Å².